The van der Waals surface area contributed by atoms with Crippen LogP contribution in [0.4, 0.5) is 4.79 Å². The van der Waals surface area contributed by atoms with E-state index in [1.807, 2.05) is 19.0 Å². The van der Waals surface area contributed by atoms with Gasteiger partial charge < -0.3 is 19.9 Å². The lowest BCUT2D eigenvalue weighted by Gasteiger charge is -2.08. The molecule has 1 saturated heterocycles. The average Bonchev–Trinajstić information content (AvgIpc) is 3.48. The van der Waals surface area contributed by atoms with Crippen LogP contribution in [0, 0.1) is 0 Å². The number of aliphatic imine (C=N–C) groups is 1. The third-order valence-electron chi connectivity index (χ3n) is 3.93. The molecule has 1 unspecified atom stereocenters. The smallest absolute Gasteiger partial charge is 0.414 e. The number of amides is 1. The highest BCUT2D eigenvalue weighted by Crippen LogP contribution is 2.13. The van der Waals surface area contributed by atoms with Gasteiger partial charge in [0.2, 0.25) is 0 Å². The highest BCUT2D eigenvalue weighted by molar-refractivity contribution is 5.93. The van der Waals surface area contributed by atoms with Gasteiger partial charge in [-0.15, -0.1) is 0 Å². The molecule has 1 fully saturated rings. The number of rotatable bonds is 8. The van der Waals surface area contributed by atoms with Gasteiger partial charge in [-0.3, -0.25) is 15.5 Å². The molecule has 0 aromatic heterocycles. The van der Waals surface area contributed by atoms with E-state index >= 15 is 0 Å². The Morgan fingerprint density at radius 2 is 1.67 bits per heavy atom. The Hall–Kier alpha value is -3.44. The summed E-state index contributed by atoms with van der Waals surface area (Å²) in [5.74, 6) is -1.34. The number of esters is 2. The molecule has 1 aromatic rings. The Kier molecular flexibility index (Phi) is 8.32. The first-order valence-electron chi connectivity index (χ1n) is 8.98. The maximum Gasteiger partial charge on any atom is 0.414 e. The van der Waals surface area contributed by atoms with Gasteiger partial charge in [-0.25, -0.2) is 19.4 Å². The molecule has 4 N–H and O–H groups in total. The minimum Gasteiger partial charge on any atom is -0.466 e. The highest BCUT2D eigenvalue weighted by atomic mass is 16.5. The molecule has 11 nitrogen and oxygen atoms in total. The van der Waals surface area contributed by atoms with Crippen molar-refractivity contribution in [1.82, 2.24) is 15.5 Å². The van der Waals surface area contributed by atoms with Crippen LogP contribution in [0.1, 0.15) is 11.1 Å². The van der Waals surface area contributed by atoms with Crippen molar-refractivity contribution < 1.29 is 28.6 Å². The second kappa shape index (κ2) is 10.9. The number of ether oxygens (including phenoxy) is 3. The first-order chi connectivity index (χ1) is 14.3. The van der Waals surface area contributed by atoms with Crippen LogP contribution < -0.4 is 16.4 Å². The molecule has 30 heavy (non-hydrogen) atoms. The van der Waals surface area contributed by atoms with Crippen molar-refractivity contribution in [2.75, 3.05) is 21.2 Å². The molecule has 162 valence electrons. The number of likely N-dealkylation sites (N-methyl/N-ethyl adjacent to an activating group) is 1. The Bertz CT molecular complexity index is 821. The lowest BCUT2D eigenvalue weighted by atomic mass is 10.1. The summed E-state index contributed by atoms with van der Waals surface area (Å²) in [7, 11) is 5.02. The first kappa shape index (κ1) is 22.8. The van der Waals surface area contributed by atoms with Crippen LogP contribution in [0.3, 0.4) is 0 Å². The van der Waals surface area contributed by atoms with E-state index in [2.05, 4.69) is 20.4 Å². The standard InChI is InChI=1S/C19H25N5O6/c1-24(2)17-16(21-17)22-18(20)23-19(27)30-11-13-6-4-12(5-7-13)10-29-15(26)9-8-14(25)28-3/h4-9,16-17,21H,10-11H2,1-3H3,(H3,20,22,23,27)/b9-8+/t16-,17?/m1/s1. The summed E-state index contributed by atoms with van der Waals surface area (Å²) in [6.45, 7) is 0.0607. The first-order valence-corrected chi connectivity index (χ1v) is 8.98. The average molecular weight is 419 g/mol. The van der Waals surface area contributed by atoms with Gasteiger partial charge in [0.05, 0.1) is 13.3 Å². The molecule has 0 saturated carbocycles. The molecule has 0 spiro atoms. The van der Waals surface area contributed by atoms with Crippen LogP contribution in [0.5, 0.6) is 0 Å². The largest absolute Gasteiger partial charge is 0.466 e. The van der Waals surface area contributed by atoms with E-state index in [4.69, 9.17) is 15.2 Å². The van der Waals surface area contributed by atoms with Crippen LogP contribution >= 0.6 is 0 Å². The number of alkyl carbamates (subject to hydrolysis) is 1. The van der Waals surface area contributed by atoms with Crippen molar-refractivity contribution >= 4 is 24.0 Å². The molecule has 1 amide bonds. The minimum atomic E-state index is -0.714. The van der Waals surface area contributed by atoms with E-state index < -0.39 is 18.0 Å². The summed E-state index contributed by atoms with van der Waals surface area (Å²) in [6, 6.07) is 6.91. The van der Waals surface area contributed by atoms with Gasteiger partial charge in [-0.2, -0.15) is 0 Å². The van der Waals surface area contributed by atoms with Crippen LogP contribution in [0.2, 0.25) is 0 Å². The van der Waals surface area contributed by atoms with Gasteiger partial charge in [0.15, 0.2) is 5.96 Å². The zero-order chi connectivity index (χ0) is 22.1. The number of hydrogen-bond donors (Lipinski definition) is 3. The van der Waals surface area contributed by atoms with Crippen LogP contribution in [0.15, 0.2) is 41.4 Å². The number of nitrogens with one attached hydrogen (secondary N) is 2. The number of guanidine groups is 1. The summed E-state index contributed by atoms with van der Waals surface area (Å²) in [6.07, 6.45) is 1.20. The van der Waals surface area contributed by atoms with Gasteiger partial charge in [-0.05, 0) is 25.2 Å². The number of carbonyl (C=O) groups excluding carboxylic acids is 3. The van der Waals surface area contributed by atoms with Crippen LogP contribution in [-0.2, 0) is 37.0 Å². The minimum absolute atomic E-state index is 0.0275. The molecule has 1 heterocycles. The van der Waals surface area contributed by atoms with E-state index in [9.17, 15) is 14.4 Å². The second-order valence-electron chi connectivity index (χ2n) is 6.52. The van der Waals surface area contributed by atoms with E-state index in [-0.39, 0.29) is 31.5 Å². The molecule has 1 aliphatic rings. The normalized spacial score (nSPS) is 18.2. The van der Waals surface area contributed by atoms with Gasteiger partial charge in [0.1, 0.15) is 19.4 Å². The van der Waals surface area contributed by atoms with Crippen LogP contribution in [0.25, 0.3) is 0 Å². The van der Waals surface area contributed by atoms with Crippen molar-refractivity contribution in [3.8, 4) is 0 Å². The zero-order valence-electron chi connectivity index (χ0n) is 17.0. The summed E-state index contributed by atoms with van der Waals surface area (Å²) in [5, 5.41) is 5.44. The Morgan fingerprint density at radius 3 is 2.20 bits per heavy atom. The van der Waals surface area contributed by atoms with Gasteiger partial charge in [0.25, 0.3) is 0 Å². The van der Waals surface area contributed by atoms with Gasteiger partial charge in [0, 0.05) is 12.2 Å². The summed E-state index contributed by atoms with van der Waals surface area (Å²) in [5.41, 5.74) is 7.14. The van der Waals surface area contributed by atoms with E-state index in [0.29, 0.717) is 0 Å². The number of methoxy groups -OCH3 is 1. The molecule has 1 aliphatic heterocycles. The van der Waals surface area contributed by atoms with Crippen molar-refractivity contribution in [1.29, 1.82) is 0 Å². The molecule has 11 heteroatoms. The third kappa shape index (κ3) is 7.89. The number of carbonyl (C=O) groups is 3. The Labute approximate surface area is 173 Å². The molecule has 2 atom stereocenters. The molecule has 0 bridgehead atoms. The lowest BCUT2D eigenvalue weighted by Crippen LogP contribution is -2.37. The second-order valence-corrected chi connectivity index (χ2v) is 6.52. The Balaban J connectivity index is 1.71. The third-order valence-corrected chi connectivity index (χ3v) is 3.93. The van der Waals surface area contributed by atoms with Gasteiger partial charge >= 0.3 is 18.0 Å². The summed E-state index contributed by atoms with van der Waals surface area (Å²) >= 11 is 0. The van der Waals surface area contributed by atoms with Crippen molar-refractivity contribution in [2.45, 2.75) is 25.5 Å². The highest BCUT2D eigenvalue weighted by Gasteiger charge is 2.38. The van der Waals surface area contributed by atoms with E-state index in [0.717, 1.165) is 23.3 Å². The number of benzene rings is 1. The van der Waals surface area contributed by atoms with Crippen molar-refractivity contribution in [3.05, 3.63) is 47.5 Å². The lowest BCUT2D eigenvalue weighted by molar-refractivity contribution is -0.140. The predicted molar refractivity (Wildman–Crippen MR) is 107 cm³/mol. The maximum atomic E-state index is 11.8. The number of hydrogen-bond acceptors (Lipinski definition) is 9. The predicted octanol–water partition coefficient (Wildman–Crippen LogP) is -0.183. The molecular formula is C19H25N5O6. The molecular weight excluding hydrogens is 394 g/mol. The number of nitrogens with zero attached hydrogens (tertiary/aromatic N) is 2. The zero-order valence-corrected chi connectivity index (χ0v) is 17.0. The van der Waals surface area contributed by atoms with E-state index in [1.165, 1.54) is 7.11 Å². The molecule has 2 rings (SSSR count). The topological polar surface area (TPSA) is 154 Å². The van der Waals surface area contributed by atoms with Crippen LogP contribution in [-0.4, -0.2) is 62.4 Å². The number of nitrogens with two attached hydrogens (primary N) is 1. The monoisotopic (exact) mass is 419 g/mol. The summed E-state index contributed by atoms with van der Waals surface area (Å²) in [4.78, 5) is 40.3. The molecule has 0 aliphatic carbocycles. The van der Waals surface area contributed by atoms with Crippen molar-refractivity contribution in [2.24, 2.45) is 10.7 Å². The van der Waals surface area contributed by atoms with E-state index in [1.54, 1.807) is 24.3 Å². The molecule has 1 aromatic carbocycles. The maximum absolute atomic E-state index is 11.8. The fraction of sp³-hybridized carbons (Fsp3) is 0.368. The fourth-order valence-corrected chi connectivity index (χ4v) is 2.27. The van der Waals surface area contributed by atoms with Gasteiger partial charge in [-0.1, -0.05) is 24.3 Å². The summed E-state index contributed by atoms with van der Waals surface area (Å²) < 4.78 is 14.5. The Morgan fingerprint density at radius 1 is 1.10 bits per heavy atom. The molecule has 0 radical (unpaired) electrons. The quantitative estimate of drug-likeness (QED) is 0.130. The van der Waals surface area contributed by atoms with Crippen molar-refractivity contribution in [3.63, 3.8) is 0 Å². The fourth-order valence-electron chi connectivity index (χ4n) is 2.27. The SMILES string of the molecule is COC(=O)/C=C/C(=O)OCc1ccc(COC(=O)NC(N)=N[C@H]2NC2N(C)C)cc1.